The third-order valence-corrected chi connectivity index (χ3v) is 11.7. The van der Waals surface area contributed by atoms with E-state index in [4.69, 9.17) is 9.97 Å². The third kappa shape index (κ3) is 6.51. The Balaban J connectivity index is 1.04. The quantitative estimate of drug-likeness (QED) is 0.119. The van der Waals surface area contributed by atoms with Gasteiger partial charge in [0.1, 0.15) is 0 Å². The van der Waals surface area contributed by atoms with Crippen molar-refractivity contribution in [1.82, 2.24) is 9.97 Å². The molecule has 10 aromatic carbocycles. The van der Waals surface area contributed by atoms with Crippen LogP contribution in [0.4, 0.5) is 0 Å². The van der Waals surface area contributed by atoms with E-state index in [1.54, 1.807) is 0 Å². The maximum Gasteiger partial charge on any atom is 0.160 e. The molecular formula is C58H38N2. The van der Waals surface area contributed by atoms with Gasteiger partial charge in [0.2, 0.25) is 0 Å². The molecule has 1 heterocycles. The average molecular weight is 763 g/mol. The SMILES string of the molecule is c1ccc(-c2ccc(-c3cc(-c4ccccc4-c4ccc(-c5ccccc5)cc4)nc(-c4ccc(-c5c6ccccc6cc6c5ccc5ccccc56)cc4)n3)cc2)cc1. The van der Waals surface area contributed by atoms with Crippen LogP contribution in [0, 0.1) is 0 Å². The van der Waals surface area contributed by atoms with Crippen molar-refractivity contribution in [3.05, 3.63) is 231 Å². The van der Waals surface area contributed by atoms with E-state index < -0.39 is 0 Å². The summed E-state index contributed by atoms with van der Waals surface area (Å²) < 4.78 is 0. The standard InChI is InChI=1S/C58H38N2/c1-3-13-39(14-4-1)41-23-27-44(28-24-41)49-19-11-12-22-52(49)56-38-55(45-29-25-42(26-30-45)40-15-5-2-6-16-40)59-58(60-56)47-33-31-46(32-34-47)57-51-21-10-8-18-48(51)37-54-50-20-9-7-17-43(50)35-36-53(54)57/h1-38H. The van der Waals surface area contributed by atoms with Gasteiger partial charge in [-0.1, -0.05) is 218 Å². The molecule has 0 atom stereocenters. The molecule has 11 aromatic rings. The van der Waals surface area contributed by atoms with E-state index in [9.17, 15) is 0 Å². The Hall–Kier alpha value is -7.94. The van der Waals surface area contributed by atoms with Crippen LogP contribution >= 0.6 is 0 Å². The van der Waals surface area contributed by atoms with Gasteiger partial charge in [0.05, 0.1) is 11.4 Å². The van der Waals surface area contributed by atoms with Gasteiger partial charge in [-0.2, -0.15) is 0 Å². The lowest BCUT2D eigenvalue weighted by Crippen LogP contribution is -1.97. The first-order valence-electron chi connectivity index (χ1n) is 20.5. The number of benzene rings is 10. The molecule has 0 unspecified atom stereocenters. The predicted molar refractivity (Wildman–Crippen MR) is 253 cm³/mol. The molecule has 280 valence electrons. The van der Waals surface area contributed by atoms with Gasteiger partial charge < -0.3 is 0 Å². The summed E-state index contributed by atoms with van der Waals surface area (Å²) in [4.78, 5) is 10.6. The molecule has 1 aromatic heterocycles. The second kappa shape index (κ2) is 15.1. The van der Waals surface area contributed by atoms with Crippen molar-refractivity contribution >= 4 is 32.3 Å². The molecule has 11 rings (SSSR count). The molecule has 0 bridgehead atoms. The first-order valence-corrected chi connectivity index (χ1v) is 20.5. The Bertz CT molecular complexity index is 3320. The van der Waals surface area contributed by atoms with Crippen molar-refractivity contribution in [3.63, 3.8) is 0 Å². The van der Waals surface area contributed by atoms with Crippen molar-refractivity contribution in [2.75, 3.05) is 0 Å². The summed E-state index contributed by atoms with van der Waals surface area (Å²) in [5.41, 5.74) is 14.2. The zero-order valence-corrected chi connectivity index (χ0v) is 32.8. The van der Waals surface area contributed by atoms with Crippen molar-refractivity contribution in [3.8, 4) is 78.4 Å². The molecule has 0 saturated carbocycles. The summed E-state index contributed by atoms with van der Waals surface area (Å²) in [5.74, 6) is 0.684. The van der Waals surface area contributed by atoms with E-state index in [-0.39, 0.29) is 0 Å². The smallest absolute Gasteiger partial charge is 0.160 e. The summed E-state index contributed by atoms with van der Waals surface area (Å²) >= 11 is 0. The molecule has 0 N–H and O–H groups in total. The van der Waals surface area contributed by atoms with Gasteiger partial charge in [-0.3, -0.25) is 0 Å². The van der Waals surface area contributed by atoms with Crippen LogP contribution in [0.2, 0.25) is 0 Å². The lowest BCUT2D eigenvalue weighted by Gasteiger charge is -2.15. The van der Waals surface area contributed by atoms with Crippen LogP contribution in [0.3, 0.4) is 0 Å². The number of hydrogen-bond acceptors (Lipinski definition) is 2. The summed E-state index contributed by atoms with van der Waals surface area (Å²) in [6, 6.07) is 82.3. The highest BCUT2D eigenvalue weighted by molar-refractivity contribution is 6.20. The van der Waals surface area contributed by atoms with Crippen LogP contribution in [0.5, 0.6) is 0 Å². The Kier molecular flexibility index (Phi) is 8.87. The number of aromatic nitrogens is 2. The van der Waals surface area contributed by atoms with Crippen molar-refractivity contribution < 1.29 is 0 Å². The highest BCUT2D eigenvalue weighted by Crippen LogP contribution is 2.41. The Morgan fingerprint density at radius 2 is 0.717 bits per heavy atom. The zero-order valence-electron chi connectivity index (χ0n) is 32.8. The zero-order chi connectivity index (χ0) is 39.8. The van der Waals surface area contributed by atoms with Gasteiger partial charge >= 0.3 is 0 Å². The first kappa shape index (κ1) is 35.2. The minimum atomic E-state index is 0.684. The molecule has 0 radical (unpaired) electrons. The molecule has 0 aliphatic carbocycles. The Morgan fingerprint density at radius 3 is 1.40 bits per heavy atom. The molecule has 2 heteroatoms. The Morgan fingerprint density at radius 1 is 0.233 bits per heavy atom. The number of fused-ring (bicyclic) bond motifs is 4. The topological polar surface area (TPSA) is 25.8 Å². The fraction of sp³-hybridized carbons (Fsp3) is 0. The van der Waals surface area contributed by atoms with E-state index in [0.717, 1.165) is 44.8 Å². The van der Waals surface area contributed by atoms with Crippen LogP contribution in [-0.4, -0.2) is 9.97 Å². The van der Waals surface area contributed by atoms with E-state index >= 15 is 0 Å². The van der Waals surface area contributed by atoms with Crippen molar-refractivity contribution in [2.24, 2.45) is 0 Å². The van der Waals surface area contributed by atoms with Gasteiger partial charge in [-0.25, -0.2) is 9.97 Å². The minimum Gasteiger partial charge on any atom is -0.228 e. The first-order chi connectivity index (χ1) is 29.7. The third-order valence-electron chi connectivity index (χ3n) is 11.7. The van der Waals surface area contributed by atoms with E-state index in [1.807, 2.05) is 0 Å². The predicted octanol–water partition coefficient (Wildman–Crippen LogP) is 15.6. The lowest BCUT2D eigenvalue weighted by molar-refractivity contribution is 1.18. The molecule has 0 aliphatic heterocycles. The van der Waals surface area contributed by atoms with Gasteiger partial charge in [-0.15, -0.1) is 0 Å². The van der Waals surface area contributed by atoms with Crippen molar-refractivity contribution in [2.45, 2.75) is 0 Å². The molecule has 0 fully saturated rings. The monoisotopic (exact) mass is 762 g/mol. The highest BCUT2D eigenvalue weighted by Gasteiger charge is 2.17. The second-order valence-corrected chi connectivity index (χ2v) is 15.3. The van der Waals surface area contributed by atoms with Crippen LogP contribution in [-0.2, 0) is 0 Å². The maximum atomic E-state index is 5.34. The normalized spacial score (nSPS) is 11.3. The molecule has 0 aliphatic rings. The summed E-state index contributed by atoms with van der Waals surface area (Å²) in [6.07, 6.45) is 0. The maximum absolute atomic E-state index is 5.34. The molecule has 0 amide bonds. The van der Waals surface area contributed by atoms with Crippen LogP contribution in [0.1, 0.15) is 0 Å². The van der Waals surface area contributed by atoms with E-state index in [0.29, 0.717) is 5.82 Å². The molecular weight excluding hydrogens is 725 g/mol. The van der Waals surface area contributed by atoms with Crippen LogP contribution in [0.15, 0.2) is 231 Å². The molecule has 0 saturated heterocycles. The number of hydrogen-bond donors (Lipinski definition) is 0. The molecule has 0 spiro atoms. The van der Waals surface area contributed by atoms with Gasteiger partial charge in [0.15, 0.2) is 5.82 Å². The molecule has 60 heavy (non-hydrogen) atoms. The Labute approximate surface area is 349 Å². The largest absolute Gasteiger partial charge is 0.228 e. The summed E-state index contributed by atoms with van der Waals surface area (Å²) in [5, 5.41) is 7.48. The minimum absolute atomic E-state index is 0.684. The highest BCUT2D eigenvalue weighted by atomic mass is 14.9. The van der Waals surface area contributed by atoms with Crippen LogP contribution in [0.25, 0.3) is 111 Å². The van der Waals surface area contributed by atoms with Gasteiger partial charge in [0.25, 0.3) is 0 Å². The summed E-state index contributed by atoms with van der Waals surface area (Å²) in [6.45, 7) is 0. The fourth-order valence-corrected chi connectivity index (χ4v) is 8.67. The fourth-order valence-electron chi connectivity index (χ4n) is 8.67. The van der Waals surface area contributed by atoms with Crippen molar-refractivity contribution in [1.29, 1.82) is 0 Å². The average Bonchev–Trinajstić information content (AvgIpc) is 3.34. The summed E-state index contributed by atoms with van der Waals surface area (Å²) in [7, 11) is 0. The van der Waals surface area contributed by atoms with E-state index in [2.05, 4.69) is 231 Å². The van der Waals surface area contributed by atoms with Crippen LogP contribution < -0.4 is 0 Å². The second-order valence-electron chi connectivity index (χ2n) is 15.3. The number of rotatable bonds is 7. The van der Waals surface area contributed by atoms with Gasteiger partial charge in [-0.05, 0) is 89.0 Å². The van der Waals surface area contributed by atoms with Gasteiger partial charge in [0, 0.05) is 16.7 Å². The lowest BCUT2D eigenvalue weighted by atomic mass is 9.89. The van der Waals surface area contributed by atoms with E-state index in [1.165, 1.54) is 60.1 Å². The molecule has 2 nitrogen and oxygen atoms in total. The number of nitrogens with zero attached hydrogens (tertiary/aromatic N) is 2.